The van der Waals surface area contributed by atoms with Crippen molar-refractivity contribution >= 4 is 6.08 Å². The Kier molecular flexibility index (Phi) is 7.17. The summed E-state index contributed by atoms with van der Waals surface area (Å²) < 4.78 is 2.01. The Hall–Kier alpha value is -3.61. The van der Waals surface area contributed by atoms with E-state index < -0.39 is 0 Å². The number of nitrogens with one attached hydrogen (secondary N) is 1. The second-order valence-corrected chi connectivity index (χ2v) is 7.89. The van der Waals surface area contributed by atoms with Gasteiger partial charge in [0, 0.05) is 12.0 Å². The molecular weight excluding hydrogens is 398 g/mol. The van der Waals surface area contributed by atoms with E-state index in [-0.39, 0.29) is 0 Å². The summed E-state index contributed by atoms with van der Waals surface area (Å²) in [7, 11) is 0. The summed E-state index contributed by atoms with van der Waals surface area (Å²) in [6.45, 7) is 5.04. The summed E-state index contributed by atoms with van der Waals surface area (Å²) >= 11 is 0. The third-order valence-corrected chi connectivity index (χ3v) is 5.29. The van der Waals surface area contributed by atoms with E-state index in [2.05, 4.69) is 83.0 Å². The number of nitrogens with zero attached hydrogens (tertiary/aromatic N) is 6. The van der Waals surface area contributed by atoms with E-state index in [9.17, 15) is 0 Å². The molecule has 0 atom stereocenters. The molecule has 0 amide bonds. The Labute approximate surface area is 188 Å². The lowest BCUT2D eigenvalue weighted by atomic mass is 10.0. The van der Waals surface area contributed by atoms with Gasteiger partial charge in [-0.3, -0.25) is 0 Å². The molecule has 32 heavy (non-hydrogen) atoms. The fraction of sp³-hybridized carbons (Fsp3) is 0.320. The highest BCUT2D eigenvalue weighted by atomic mass is 15.5. The van der Waals surface area contributed by atoms with E-state index in [0.717, 1.165) is 55.9 Å². The summed E-state index contributed by atoms with van der Waals surface area (Å²) in [5, 5.41) is 19.0. The van der Waals surface area contributed by atoms with E-state index in [0.29, 0.717) is 5.82 Å². The Bertz CT molecular complexity index is 1140. The number of aromatic amines is 1. The van der Waals surface area contributed by atoms with Gasteiger partial charge in [-0.15, -0.1) is 10.2 Å². The van der Waals surface area contributed by atoms with Gasteiger partial charge in [0.1, 0.15) is 0 Å². The summed E-state index contributed by atoms with van der Waals surface area (Å²) in [5.41, 5.74) is 4.65. The number of unbranched alkanes of at least 4 members (excludes halogenated alkanes) is 1. The molecule has 0 saturated carbocycles. The molecular formula is C25H29N7. The van der Waals surface area contributed by atoms with Crippen LogP contribution in [0, 0.1) is 0 Å². The van der Waals surface area contributed by atoms with Crippen molar-refractivity contribution in [1.29, 1.82) is 0 Å². The minimum absolute atomic E-state index is 0.612. The molecule has 4 rings (SSSR count). The maximum atomic E-state index is 4.75. The molecule has 2 aromatic carbocycles. The molecule has 0 aliphatic carbocycles. The molecule has 0 radical (unpaired) electrons. The van der Waals surface area contributed by atoms with Crippen LogP contribution in [0.1, 0.15) is 61.4 Å². The third-order valence-electron chi connectivity index (χ3n) is 5.29. The Morgan fingerprint density at radius 2 is 1.84 bits per heavy atom. The molecule has 2 aromatic heterocycles. The fourth-order valence-corrected chi connectivity index (χ4v) is 3.58. The van der Waals surface area contributed by atoms with E-state index in [1.807, 2.05) is 16.8 Å². The lowest BCUT2D eigenvalue weighted by Gasteiger charge is -2.07. The molecule has 0 fully saturated rings. The van der Waals surface area contributed by atoms with Gasteiger partial charge in [-0.25, -0.2) is 9.67 Å². The van der Waals surface area contributed by atoms with Gasteiger partial charge in [0.25, 0.3) is 0 Å². The largest absolute Gasteiger partial charge is 0.242 e. The molecule has 0 bridgehead atoms. The number of rotatable bonds is 10. The first-order valence-electron chi connectivity index (χ1n) is 11.3. The molecule has 1 N–H and O–H groups in total. The first-order chi connectivity index (χ1) is 15.7. The molecule has 0 spiro atoms. The minimum atomic E-state index is 0.612. The number of aromatic nitrogens is 7. The number of hydrogen-bond acceptors (Lipinski definition) is 5. The van der Waals surface area contributed by atoms with Crippen molar-refractivity contribution in [3.05, 3.63) is 82.9 Å². The number of H-pyrrole nitrogens is 1. The Morgan fingerprint density at radius 3 is 2.59 bits per heavy atom. The summed E-state index contributed by atoms with van der Waals surface area (Å²) in [6, 6.07) is 17.0. The summed E-state index contributed by atoms with van der Waals surface area (Å²) in [6.07, 6.45) is 9.24. The quantitative estimate of drug-likeness (QED) is 0.390. The molecule has 0 aliphatic heterocycles. The van der Waals surface area contributed by atoms with Crippen LogP contribution in [0.5, 0.6) is 0 Å². The topological polar surface area (TPSA) is 85.2 Å². The molecule has 7 heteroatoms. The zero-order valence-electron chi connectivity index (χ0n) is 18.7. The summed E-state index contributed by atoms with van der Waals surface area (Å²) in [4.78, 5) is 4.73. The highest BCUT2D eigenvalue weighted by Crippen LogP contribution is 2.18. The second-order valence-electron chi connectivity index (χ2n) is 7.89. The van der Waals surface area contributed by atoms with E-state index in [1.165, 1.54) is 16.7 Å². The zero-order valence-corrected chi connectivity index (χ0v) is 18.7. The van der Waals surface area contributed by atoms with Gasteiger partial charge in [-0.2, -0.15) is 10.3 Å². The highest BCUT2D eigenvalue weighted by Gasteiger charge is 2.09. The van der Waals surface area contributed by atoms with Crippen LogP contribution in [0.4, 0.5) is 0 Å². The van der Waals surface area contributed by atoms with Gasteiger partial charge in [0.15, 0.2) is 11.6 Å². The number of hydrogen-bond donors (Lipinski definition) is 1. The number of benzene rings is 2. The van der Waals surface area contributed by atoms with Crippen molar-refractivity contribution in [2.24, 2.45) is 0 Å². The lowest BCUT2D eigenvalue weighted by Crippen LogP contribution is -2.05. The van der Waals surface area contributed by atoms with Crippen LogP contribution in [0.2, 0.25) is 0 Å². The fourth-order valence-electron chi connectivity index (χ4n) is 3.58. The van der Waals surface area contributed by atoms with E-state index in [4.69, 9.17) is 10.1 Å². The molecule has 164 valence electrons. The van der Waals surface area contributed by atoms with Crippen LogP contribution < -0.4 is 0 Å². The second kappa shape index (κ2) is 10.6. The SMILES string of the molecule is CC/C=C/c1nc(CCCC)nn1Cc1ccc(Cc2cccc(-c3nn[nH]n3)c2)cc1. The third kappa shape index (κ3) is 5.55. The van der Waals surface area contributed by atoms with Gasteiger partial charge in [-0.05, 0) is 53.3 Å². The van der Waals surface area contributed by atoms with Gasteiger partial charge < -0.3 is 0 Å². The lowest BCUT2D eigenvalue weighted by molar-refractivity contribution is 0.656. The number of allylic oxidation sites excluding steroid dienone is 1. The van der Waals surface area contributed by atoms with Crippen molar-refractivity contribution in [2.45, 2.75) is 52.5 Å². The highest BCUT2D eigenvalue weighted by molar-refractivity contribution is 5.55. The van der Waals surface area contributed by atoms with Crippen LogP contribution in [-0.2, 0) is 19.4 Å². The summed E-state index contributed by atoms with van der Waals surface area (Å²) in [5.74, 6) is 2.47. The maximum absolute atomic E-state index is 4.75. The van der Waals surface area contributed by atoms with Gasteiger partial charge in [0.2, 0.25) is 5.82 Å². The van der Waals surface area contributed by atoms with Crippen molar-refractivity contribution in [3.8, 4) is 11.4 Å². The van der Waals surface area contributed by atoms with Crippen LogP contribution in [-0.4, -0.2) is 35.4 Å². The predicted octanol–water partition coefficient (Wildman–Crippen LogP) is 4.86. The predicted molar refractivity (Wildman–Crippen MR) is 126 cm³/mol. The average Bonchev–Trinajstić information content (AvgIpc) is 3.48. The molecule has 0 aliphatic rings. The van der Waals surface area contributed by atoms with E-state index in [1.54, 1.807) is 0 Å². The Morgan fingerprint density at radius 1 is 1.00 bits per heavy atom. The molecule has 4 aromatic rings. The van der Waals surface area contributed by atoms with Crippen molar-refractivity contribution in [1.82, 2.24) is 35.4 Å². The van der Waals surface area contributed by atoms with Crippen LogP contribution in [0.15, 0.2) is 54.6 Å². The van der Waals surface area contributed by atoms with Gasteiger partial charge >= 0.3 is 0 Å². The monoisotopic (exact) mass is 427 g/mol. The van der Waals surface area contributed by atoms with Crippen molar-refractivity contribution in [3.63, 3.8) is 0 Å². The molecule has 2 heterocycles. The van der Waals surface area contributed by atoms with Crippen molar-refractivity contribution < 1.29 is 0 Å². The first kappa shape index (κ1) is 21.6. The van der Waals surface area contributed by atoms with Crippen molar-refractivity contribution in [2.75, 3.05) is 0 Å². The normalized spacial score (nSPS) is 11.4. The molecule has 0 unspecified atom stereocenters. The smallest absolute Gasteiger partial charge is 0.204 e. The van der Waals surface area contributed by atoms with Crippen LogP contribution in [0.3, 0.4) is 0 Å². The zero-order chi connectivity index (χ0) is 22.2. The van der Waals surface area contributed by atoms with Gasteiger partial charge in [-0.1, -0.05) is 68.8 Å². The standard InChI is InChI=1S/C25H29N7/c1-3-5-10-23-26-24(11-6-4-2)32(29-23)18-20-14-12-19(13-15-20)16-21-8-7-9-22(17-21)25-27-30-31-28-25/h6-9,11-15,17H,3-5,10,16,18H2,1-2H3,(H,27,28,30,31)/b11-6+. The van der Waals surface area contributed by atoms with Crippen LogP contribution in [0.25, 0.3) is 17.5 Å². The number of tetrazole rings is 1. The number of aryl methyl sites for hydroxylation is 1. The molecule has 7 nitrogen and oxygen atoms in total. The molecule has 0 saturated heterocycles. The van der Waals surface area contributed by atoms with Crippen LogP contribution >= 0.6 is 0 Å². The maximum Gasteiger partial charge on any atom is 0.204 e. The Balaban J connectivity index is 1.46. The van der Waals surface area contributed by atoms with Gasteiger partial charge in [0.05, 0.1) is 6.54 Å². The minimum Gasteiger partial charge on any atom is -0.242 e. The average molecular weight is 428 g/mol. The van der Waals surface area contributed by atoms with E-state index >= 15 is 0 Å². The first-order valence-corrected chi connectivity index (χ1v) is 11.3.